The number of amides is 1. The molecule has 0 radical (unpaired) electrons. The molecule has 2 N–H and O–H groups in total. The second kappa shape index (κ2) is 10.7. The van der Waals surface area contributed by atoms with E-state index in [-0.39, 0.29) is 12.0 Å². The highest BCUT2D eigenvalue weighted by Crippen LogP contribution is 2.30. The zero-order valence-electron chi connectivity index (χ0n) is 19.5. The van der Waals surface area contributed by atoms with Gasteiger partial charge in [0.1, 0.15) is 0 Å². The van der Waals surface area contributed by atoms with Crippen LogP contribution in [-0.4, -0.2) is 53.0 Å². The average Bonchev–Trinajstić information content (AvgIpc) is 2.91. The van der Waals surface area contributed by atoms with Gasteiger partial charge in [0.25, 0.3) is 0 Å². The first-order valence-electron chi connectivity index (χ1n) is 12.4. The molecule has 0 unspecified atom stereocenters. The van der Waals surface area contributed by atoms with Gasteiger partial charge >= 0.3 is 0 Å². The van der Waals surface area contributed by atoms with E-state index in [1.165, 1.54) is 11.1 Å². The molecule has 3 heterocycles. The molecule has 1 amide bonds. The van der Waals surface area contributed by atoms with Gasteiger partial charge in [0.15, 0.2) is 0 Å². The molecule has 0 bridgehead atoms. The van der Waals surface area contributed by atoms with Crippen molar-refractivity contribution in [1.82, 2.24) is 20.2 Å². The summed E-state index contributed by atoms with van der Waals surface area (Å²) in [5, 5.41) is 7.36. The zero-order valence-corrected chi connectivity index (χ0v) is 20.2. The van der Waals surface area contributed by atoms with Crippen molar-refractivity contribution < 1.29 is 4.79 Å². The van der Waals surface area contributed by atoms with Gasteiger partial charge in [-0.2, -0.15) is 0 Å². The first-order valence-corrected chi connectivity index (χ1v) is 12.8. The summed E-state index contributed by atoms with van der Waals surface area (Å²) in [7, 11) is 0. The van der Waals surface area contributed by atoms with Gasteiger partial charge in [0.2, 0.25) is 11.9 Å². The Balaban J connectivity index is 1.24. The van der Waals surface area contributed by atoms with E-state index in [1.54, 1.807) is 6.20 Å². The highest BCUT2D eigenvalue weighted by Gasteiger charge is 2.29. The van der Waals surface area contributed by atoms with Crippen LogP contribution in [0.2, 0.25) is 5.02 Å². The normalized spacial score (nSPS) is 19.7. The van der Waals surface area contributed by atoms with E-state index < -0.39 is 0 Å². The van der Waals surface area contributed by atoms with E-state index >= 15 is 0 Å². The lowest BCUT2D eigenvalue weighted by atomic mass is 9.95. The number of nitrogens with zero attached hydrogens (tertiary/aromatic N) is 3. The van der Waals surface area contributed by atoms with Crippen molar-refractivity contribution in [3.05, 3.63) is 59.3 Å². The monoisotopic (exact) mass is 477 g/mol. The molecule has 2 aromatic rings. The molecule has 0 atom stereocenters. The third-order valence-corrected chi connectivity index (χ3v) is 7.31. The van der Waals surface area contributed by atoms with Crippen molar-refractivity contribution in [1.29, 1.82) is 0 Å². The topological polar surface area (TPSA) is 70.2 Å². The standard InChI is InChI=1S/C27H32ClN5O/c28-24-18-30-27(31-23-11-15-33(16-12-23)26(34)20-9-13-29-14-10-20)32-25(24)22-8-4-7-21(17-22)19-5-2-1-3-6-19/h2,4-8,17-18,20,23,29H,1,3,9-16H2,(H,30,31,32). The molecule has 2 aliphatic heterocycles. The fourth-order valence-corrected chi connectivity index (χ4v) is 5.27. The molecular formula is C27H32ClN5O. The largest absolute Gasteiger partial charge is 0.351 e. The number of piperidine rings is 2. The molecule has 0 saturated carbocycles. The first-order chi connectivity index (χ1) is 16.7. The maximum Gasteiger partial charge on any atom is 0.225 e. The minimum Gasteiger partial charge on any atom is -0.351 e. The molecule has 7 heteroatoms. The molecule has 0 spiro atoms. The Bertz CT molecular complexity index is 1080. The number of carbonyl (C=O) groups is 1. The van der Waals surface area contributed by atoms with Crippen LogP contribution < -0.4 is 10.6 Å². The average molecular weight is 478 g/mol. The number of benzene rings is 1. The molecule has 178 valence electrons. The number of allylic oxidation sites excluding steroid dienone is 4. The minimum absolute atomic E-state index is 0.184. The van der Waals surface area contributed by atoms with Gasteiger partial charge < -0.3 is 15.5 Å². The third-order valence-electron chi connectivity index (χ3n) is 7.04. The second-order valence-electron chi connectivity index (χ2n) is 9.38. The van der Waals surface area contributed by atoms with E-state index in [1.807, 2.05) is 11.0 Å². The van der Waals surface area contributed by atoms with Gasteiger partial charge in [-0.05, 0) is 68.8 Å². The number of likely N-dealkylation sites (tertiary alicyclic amines) is 1. The van der Waals surface area contributed by atoms with Crippen molar-refractivity contribution in [3.8, 4) is 11.3 Å². The number of aromatic nitrogens is 2. The molecule has 2 fully saturated rings. The third kappa shape index (κ3) is 5.34. The molecule has 1 aliphatic carbocycles. The van der Waals surface area contributed by atoms with E-state index in [0.717, 1.165) is 76.0 Å². The Hall–Kier alpha value is -2.70. The molecule has 2 saturated heterocycles. The fraction of sp³-hybridized carbons (Fsp3) is 0.444. The van der Waals surface area contributed by atoms with Crippen LogP contribution >= 0.6 is 11.6 Å². The molecule has 3 aliphatic rings. The molecule has 34 heavy (non-hydrogen) atoms. The summed E-state index contributed by atoms with van der Waals surface area (Å²) in [6, 6.07) is 8.60. The summed E-state index contributed by atoms with van der Waals surface area (Å²) in [6.45, 7) is 3.46. The van der Waals surface area contributed by atoms with Crippen LogP contribution in [0.25, 0.3) is 16.8 Å². The lowest BCUT2D eigenvalue weighted by Gasteiger charge is -2.35. The Labute approximate surface area is 206 Å². The molecule has 1 aromatic carbocycles. The second-order valence-corrected chi connectivity index (χ2v) is 9.79. The van der Waals surface area contributed by atoms with Crippen LogP contribution in [0.1, 0.15) is 44.1 Å². The smallest absolute Gasteiger partial charge is 0.225 e. The highest BCUT2D eigenvalue weighted by molar-refractivity contribution is 6.32. The van der Waals surface area contributed by atoms with Crippen LogP contribution in [0.4, 0.5) is 5.95 Å². The Morgan fingerprint density at radius 1 is 1.09 bits per heavy atom. The van der Waals surface area contributed by atoms with Crippen molar-refractivity contribution in [2.24, 2.45) is 5.92 Å². The van der Waals surface area contributed by atoms with Crippen LogP contribution in [0, 0.1) is 5.92 Å². The quantitative estimate of drug-likeness (QED) is 0.638. The van der Waals surface area contributed by atoms with E-state index in [0.29, 0.717) is 16.9 Å². The first kappa shape index (κ1) is 23.1. The minimum atomic E-state index is 0.184. The maximum atomic E-state index is 12.8. The Kier molecular flexibility index (Phi) is 7.26. The van der Waals surface area contributed by atoms with Gasteiger partial charge in [0, 0.05) is 30.6 Å². The number of hydrogen-bond acceptors (Lipinski definition) is 5. The number of rotatable bonds is 5. The Morgan fingerprint density at radius 2 is 1.88 bits per heavy atom. The van der Waals surface area contributed by atoms with Gasteiger partial charge in [0.05, 0.1) is 16.9 Å². The predicted octanol–water partition coefficient (Wildman–Crippen LogP) is 4.93. The van der Waals surface area contributed by atoms with Crippen molar-refractivity contribution >= 4 is 29.0 Å². The fourth-order valence-electron chi connectivity index (χ4n) is 5.07. The number of halogens is 1. The molecule has 6 nitrogen and oxygen atoms in total. The van der Waals surface area contributed by atoms with Crippen LogP contribution in [0.5, 0.6) is 0 Å². The Morgan fingerprint density at radius 3 is 2.65 bits per heavy atom. The number of hydrogen-bond donors (Lipinski definition) is 2. The van der Waals surface area contributed by atoms with Gasteiger partial charge in [-0.3, -0.25) is 4.79 Å². The summed E-state index contributed by atoms with van der Waals surface area (Å²) >= 11 is 6.51. The lowest BCUT2D eigenvalue weighted by molar-refractivity contribution is -0.137. The SMILES string of the molecule is O=C(C1CCNCC1)N1CCC(Nc2ncc(Cl)c(-c3cccc(C4=CCCC=C4)c3)n2)CC1. The van der Waals surface area contributed by atoms with E-state index in [9.17, 15) is 4.79 Å². The summed E-state index contributed by atoms with van der Waals surface area (Å²) in [5.41, 5.74) is 4.13. The van der Waals surface area contributed by atoms with Gasteiger partial charge in [-0.15, -0.1) is 0 Å². The molecular weight excluding hydrogens is 446 g/mol. The molecule has 1 aromatic heterocycles. The van der Waals surface area contributed by atoms with Crippen LogP contribution in [0.15, 0.2) is 48.7 Å². The summed E-state index contributed by atoms with van der Waals surface area (Å²) < 4.78 is 0. The van der Waals surface area contributed by atoms with Crippen LogP contribution in [0.3, 0.4) is 0 Å². The summed E-state index contributed by atoms with van der Waals surface area (Å²) in [6.07, 6.45) is 14.2. The van der Waals surface area contributed by atoms with E-state index in [4.69, 9.17) is 16.6 Å². The maximum absolute atomic E-state index is 12.8. The van der Waals surface area contributed by atoms with Crippen LogP contribution in [-0.2, 0) is 4.79 Å². The van der Waals surface area contributed by atoms with Crippen molar-refractivity contribution in [3.63, 3.8) is 0 Å². The molecule has 5 rings (SSSR count). The predicted molar refractivity (Wildman–Crippen MR) is 138 cm³/mol. The number of nitrogens with one attached hydrogen (secondary N) is 2. The van der Waals surface area contributed by atoms with E-state index in [2.05, 4.69) is 52.0 Å². The number of carbonyl (C=O) groups excluding carboxylic acids is 1. The summed E-state index contributed by atoms with van der Waals surface area (Å²) in [5.74, 6) is 1.10. The van der Waals surface area contributed by atoms with Crippen molar-refractivity contribution in [2.45, 2.75) is 44.6 Å². The lowest BCUT2D eigenvalue weighted by Crippen LogP contribution is -2.46. The van der Waals surface area contributed by atoms with Gasteiger partial charge in [-0.1, -0.05) is 48.0 Å². The number of anilines is 1. The zero-order chi connectivity index (χ0) is 23.3. The van der Waals surface area contributed by atoms with Crippen molar-refractivity contribution in [2.75, 3.05) is 31.5 Å². The van der Waals surface area contributed by atoms with Gasteiger partial charge in [-0.25, -0.2) is 9.97 Å². The highest BCUT2D eigenvalue weighted by atomic mass is 35.5. The summed E-state index contributed by atoms with van der Waals surface area (Å²) in [4.78, 5) is 24.1.